The molecule has 0 spiro atoms. The van der Waals surface area contributed by atoms with Crippen molar-refractivity contribution in [1.29, 1.82) is 0 Å². The molecular formula is C22H23N3O3S. The van der Waals surface area contributed by atoms with Crippen LogP contribution in [0.3, 0.4) is 0 Å². The average Bonchev–Trinajstić information content (AvgIpc) is 2.78. The number of hydrogen-bond acceptors (Lipinski definition) is 4. The van der Waals surface area contributed by atoms with Crippen LogP contribution in [0.1, 0.15) is 18.5 Å². The lowest BCUT2D eigenvalue weighted by molar-refractivity contribution is -0.126. The zero-order valence-electron chi connectivity index (χ0n) is 16.0. The number of aromatic nitrogens is 1. The number of benzene rings is 2. The maximum absolute atomic E-state index is 13.2. The van der Waals surface area contributed by atoms with Crippen LogP contribution in [0, 0.1) is 5.92 Å². The van der Waals surface area contributed by atoms with Gasteiger partial charge in [-0.1, -0.05) is 36.4 Å². The predicted molar refractivity (Wildman–Crippen MR) is 112 cm³/mol. The molecule has 1 atom stereocenters. The number of amides is 1. The number of nitrogens with zero attached hydrogens (tertiary/aromatic N) is 2. The fraction of sp³-hybridized carbons (Fsp3) is 0.273. The molecule has 1 N–H and O–H groups in total. The highest BCUT2D eigenvalue weighted by Crippen LogP contribution is 2.26. The van der Waals surface area contributed by atoms with E-state index in [0.717, 1.165) is 16.5 Å². The summed E-state index contributed by atoms with van der Waals surface area (Å²) in [6, 6.07) is 18.4. The summed E-state index contributed by atoms with van der Waals surface area (Å²) >= 11 is 0. The lowest BCUT2D eigenvalue weighted by Crippen LogP contribution is -2.45. The van der Waals surface area contributed by atoms with Gasteiger partial charge in [0, 0.05) is 19.3 Å². The van der Waals surface area contributed by atoms with Gasteiger partial charge in [0.2, 0.25) is 15.9 Å². The quantitative estimate of drug-likeness (QED) is 0.703. The Morgan fingerprint density at radius 3 is 2.66 bits per heavy atom. The lowest BCUT2D eigenvalue weighted by Gasteiger charge is -2.31. The third-order valence-electron chi connectivity index (χ3n) is 5.28. The van der Waals surface area contributed by atoms with Gasteiger partial charge in [0.1, 0.15) is 0 Å². The first-order valence-electron chi connectivity index (χ1n) is 9.70. The molecule has 4 rings (SSSR count). The number of fused-ring (bicyclic) bond motifs is 1. The fourth-order valence-electron chi connectivity index (χ4n) is 3.68. The maximum Gasteiger partial charge on any atom is 0.243 e. The van der Waals surface area contributed by atoms with Crippen molar-refractivity contribution in [2.24, 2.45) is 5.92 Å². The minimum Gasteiger partial charge on any atom is -0.350 e. The van der Waals surface area contributed by atoms with Crippen LogP contribution in [0.15, 0.2) is 71.8 Å². The zero-order chi connectivity index (χ0) is 20.3. The van der Waals surface area contributed by atoms with Gasteiger partial charge in [-0.05, 0) is 47.9 Å². The molecular weight excluding hydrogens is 386 g/mol. The standard InChI is InChI=1S/C22H23N3O3S/c26-22(24-15-20-9-3-4-12-23-20)19-8-5-13-25(16-19)29(27,28)21-11-10-17-6-1-2-7-18(17)14-21/h1-4,6-7,9-12,14,19H,5,8,13,15-16H2,(H,24,26)/t19-/m0/s1. The summed E-state index contributed by atoms with van der Waals surface area (Å²) in [4.78, 5) is 17.1. The minimum atomic E-state index is -3.65. The number of carbonyl (C=O) groups excluding carboxylic acids is 1. The van der Waals surface area contributed by atoms with Gasteiger partial charge in [0.05, 0.1) is 23.1 Å². The van der Waals surface area contributed by atoms with Crippen molar-refractivity contribution in [3.8, 4) is 0 Å². The van der Waals surface area contributed by atoms with Crippen molar-refractivity contribution in [2.75, 3.05) is 13.1 Å². The maximum atomic E-state index is 13.2. The molecule has 2 aromatic carbocycles. The zero-order valence-corrected chi connectivity index (χ0v) is 16.8. The molecule has 1 amide bonds. The van der Waals surface area contributed by atoms with Crippen LogP contribution in [-0.2, 0) is 21.4 Å². The number of nitrogens with one attached hydrogen (secondary N) is 1. The van der Waals surface area contributed by atoms with Crippen molar-refractivity contribution in [1.82, 2.24) is 14.6 Å². The van der Waals surface area contributed by atoms with Crippen molar-refractivity contribution < 1.29 is 13.2 Å². The Kier molecular flexibility index (Phi) is 5.60. The molecule has 1 aliphatic heterocycles. The molecule has 1 aliphatic rings. The van der Waals surface area contributed by atoms with Gasteiger partial charge in [-0.25, -0.2) is 8.42 Å². The van der Waals surface area contributed by atoms with Crippen LogP contribution in [0.25, 0.3) is 10.8 Å². The summed E-state index contributed by atoms with van der Waals surface area (Å²) in [5, 5.41) is 4.76. The van der Waals surface area contributed by atoms with E-state index in [4.69, 9.17) is 0 Å². The number of carbonyl (C=O) groups is 1. The Morgan fingerprint density at radius 1 is 1.07 bits per heavy atom. The highest BCUT2D eigenvalue weighted by Gasteiger charge is 2.33. The number of pyridine rings is 1. The molecule has 0 unspecified atom stereocenters. The smallest absolute Gasteiger partial charge is 0.243 e. The summed E-state index contributed by atoms with van der Waals surface area (Å²) in [7, 11) is -3.65. The molecule has 1 aromatic heterocycles. The highest BCUT2D eigenvalue weighted by atomic mass is 32.2. The Bertz CT molecular complexity index is 1120. The fourth-order valence-corrected chi connectivity index (χ4v) is 5.24. The van der Waals surface area contributed by atoms with Crippen molar-refractivity contribution in [3.05, 3.63) is 72.6 Å². The summed E-state index contributed by atoms with van der Waals surface area (Å²) < 4.78 is 27.8. The van der Waals surface area contributed by atoms with Crippen LogP contribution in [0.5, 0.6) is 0 Å². The summed E-state index contributed by atoms with van der Waals surface area (Å²) in [5.74, 6) is -0.489. The molecule has 2 heterocycles. The first-order valence-corrected chi connectivity index (χ1v) is 11.1. The second kappa shape index (κ2) is 8.31. The van der Waals surface area contributed by atoms with E-state index in [9.17, 15) is 13.2 Å². The van der Waals surface area contributed by atoms with Gasteiger partial charge in [-0.3, -0.25) is 9.78 Å². The van der Waals surface area contributed by atoms with E-state index in [1.54, 1.807) is 18.3 Å². The molecule has 7 heteroatoms. The van der Waals surface area contributed by atoms with Gasteiger partial charge in [-0.15, -0.1) is 0 Å². The first-order chi connectivity index (χ1) is 14.0. The van der Waals surface area contributed by atoms with Crippen LogP contribution in [0.2, 0.25) is 0 Å². The molecule has 150 valence electrons. The average molecular weight is 410 g/mol. The monoisotopic (exact) mass is 409 g/mol. The van der Waals surface area contributed by atoms with Crippen molar-refractivity contribution in [2.45, 2.75) is 24.3 Å². The molecule has 1 saturated heterocycles. The predicted octanol–water partition coefficient (Wildman–Crippen LogP) is 2.95. The number of rotatable bonds is 5. The minimum absolute atomic E-state index is 0.130. The second-order valence-corrected chi connectivity index (χ2v) is 9.19. The normalized spacial score (nSPS) is 17.9. The largest absolute Gasteiger partial charge is 0.350 e. The van der Waals surface area contributed by atoms with Gasteiger partial charge < -0.3 is 5.32 Å². The topological polar surface area (TPSA) is 79.4 Å². The van der Waals surface area contributed by atoms with E-state index in [1.165, 1.54) is 4.31 Å². The second-order valence-electron chi connectivity index (χ2n) is 7.25. The summed E-state index contributed by atoms with van der Waals surface area (Å²) in [6.45, 7) is 0.968. The van der Waals surface area contributed by atoms with E-state index in [0.29, 0.717) is 25.9 Å². The van der Waals surface area contributed by atoms with Crippen LogP contribution >= 0.6 is 0 Å². The van der Waals surface area contributed by atoms with Crippen LogP contribution < -0.4 is 5.32 Å². The Morgan fingerprint density at radius 2 is 1.86 bits per heavy atom. The summed E-state index contributed by atoms with van der Waals surface area (Å²) in [6.07, 6.45) is 3.02. The number of piperidine rings is 1. The lowest BCUT2D eigenvalue weighted by atomic mass is 9.99. The number of hydrogen-bond donors (Lipinski definition) is 1. The van der Waals surface area contributed by atoms with Gasteiger partial charge in [0.25, 0.3) is 0 Å². The SMILES string of the molecule is O=C(NCc1ccccn1)[C@H]1CCCN(S(=O)(=O)c2ccc3ccccc3c2)C1. The van der Waals surface area contributed by atoms with Crippen LogP contribution in [-0.4, -0.2) is 36.7 Å². The van der Waals surface area contributed by atoms with E-state index >= 15 is 0 Å². The molecule has 3 aromatic rings. The van der Waals surface area contributed by atoms with Crippen LogP contribution in [0.4, 0.5) is 0 Å². The number of sulfonamides is 1. The first kappa shape index (κ1) is 19.5. The molecule has 0 saturated carbocycles. The summed E-state index contributed by atoms with van der Waals surface area (Å²) in [5.41, 5.74) is 0.775. The molecule has 29 heavy (non-hydrogen) atoms. The third-order valence-corrected chi connectivity index (χ3v) is 7.14. The van der Waals surface area contributed by atoms with E-state index in [1.807, 2.05) is 48.5 Å². The third kappa shape index (κ3) is 4.31. The van der Waals surface area contributed by atoms with E-state index < -0.39 is 10.0 Å². The van der Waals surface area contributed by atoms with Gasteiger partial charge in [-0.2, -0.15) is 4.31 Å². The van der Waals surface area contributed by atoms with Crippen molar-refractivity contribution in [3.63, 3.8) is 0 Å². The Balaban J connectivity index is 1.47. The molecule has 0 aliphatic carbocycles. The van der Waals surface area contributed by atoms with E-state index in [2.05, 4.69) is 10.3 Å². The Hall–Kier alpha value is -2.77. The highest BCUT2D eigenvalue weighted by molar-refractivity contribution is 7.89. The van der Waals surface area contributed by atoms with Gasteiger partial charge >= 0.3 is 0 Å². The molecule has 6 nitrogen and oxygen atoms in total. The van der Waals surface area contributed by atoms with Crippen molar-refractivity contribution >= 4 is 26.7 Å². The molecule has 0 bridgehead atoms. The Labute approximate surface area is 170 Å². The molecule has 1 fully saturated rings. The van der Waals surface area contributed by atoms with E-state index in [-0.39, 0.29) is 23.3 Å². The van der Waals surface area contributed by atoms with Gasteiger partial charge in [0.15, 0.2) is 0 Å². The molecule has 0 radical (unpaired) electrons.